The largest absolute Gasteiger partial charge is 0.465 e. The number of amides is 3. The maximum absolute atomic E-state index is 14.8. The lowest BCUT2D eigenvalue weighted by atomic mass is 10.1. The minimum atomic E-state index is -4.49. The molecule has 3 amide bonds. The molecular weight excluding hydrogens is 769 g/mol. The molecule has 0 heterocycles. The van der Waals surface area contributed by atoms with Gasteiger partial charge in [-0.15, -0.1) is 0 Å². The summed E-state index contributed by atoms with van der Waals surface area (Å²) in [5.74, 6) is -2.01. The third-order valence-electron chi connectivity index (χ3n) is 7.58. The molecule has 0 spiro atoms. The molecule has 0 aliphatic heterocycles. The van der Waals surface area contributed by atoms with Gasteiger partial charge in [-0.1, -0.05) is 65.1 Å². The Hall–Kier alpha value is -3.57. The normalized spacial score (nSPS) is 12.8. The van der Waals surface area contributed by atoms with Crippen molar-refractivity contribution >= 4 is 68.4 Å². The number of nitrogens with zero attached hydrogens (tertiary/aromatic N) is 3. The van der Waals surface area contributed by atoms with Gasteiger partial charge in [0.2, 0.25) is 15.9 Å². The molecule has 0 bridgehead atoms. The van der Waals surface area contributed by atoms with E-state index in [-0.39, 0.29) is 40.5 Å². The Bertz CT molecular complexity index is 1760. The van der Waals surface area contributed by atoms with Crippen LogP contribution >= 0.6 is 34.8 Å². The number of hydrogen-bond donors (Lipinski definition) is 2. The third kappa shape index (κ3) is 12.0. The molecule has 52 heavy (non-hydrogen) atoms. The maximum Gasteiger partial charge on any atom is 0.408 e. The van der Waals surface area contributed by atoms with Gasteiger partial charge in [-0.2, -0.15) is 0 Å². The summed E-state index contributed by atoms with van der Waals surface area (Å²) >= 11 is 18.2. The van der Waals surface area contributed by atoms with E-state index < -0.39 is 77.3 Å². The minimum Gasteiger partial charge on any atom is -0.465 e. The number of rotatable bonds is 19. The Morgan fingerprint density at radius 2 is 1.46 bits per heavy atom. The Morgan fingerprint density at radius 3 is 2.00 bits per heavy atom. The van der Waals surface area contributed by atoms with E-state index in [2.05, 4.69) is 4.72 Å². The van der Waals surface area contributed by atoms with Crippen LogP contribution in [0, 0.1) is 0 Å². The van der Waals surface area contributed by atoms with Crippen molar-refractivity contribution in [2.24, 2.45) is 0 Å². The van der Waals surface area contributed by atoms with Crippen molar-refractivity contribution in [3.63, 3.8) is 0 Å². The molecule has 0 aliphatic rings. The van der Waals surface area contributed by atoms with E-state index in [4.69, 9.17) is 44.3 Å². The average Bonchev–Trinajstić information content (AvgIpc) is 3.08. The van der Waals surface area contributed by atoms with Crippen LogP contribution in [0.25, 0.3) is 0 Å². The molecule has 0 fully saturated rings. The Labute approximate surface area is 316 Å². The summed E-state index contributed by atoms with van der Waals surface area (Å²) < 4.78 is 67.9. The number of alkyl halides is 2. The molecule has 18 heteroatoms. The van der Waals surface area contributed by atoms with Crippen molar-refractivity contribution < 1.29 is 46.2 Å². The predicted octanol–water partition coefficient (Wildman–Crippen LogP) is 6.39. The van der Waals surface area contributed by atoms with Gasteiger partial charge in [0.1, 0.15) is 17.0 Å². The van der Waals surface area contributed by atoms with Crippen LogP contribution in [0.15, 0.2) is 77.7 Å². The summed E-state index contributed by atoms with van der Waals surface area (Å²) in [6.45, 7) is 2.23. The van der Waals surface area contributed by atoms with Gasteiger partial charge in [0.15, 0.2) is 6.29 Å². The zero-order valence-corrected chi connectivity index (χ0v) is 31.5. The number of nitrogens with one attached hydrogen (secondary N) is 1. The number of sulfonamides is 1. The summed E-state index contributed by atoms with van der Waals surface area (Å²) in [6, 6.07) is 14.0. The van der Waals surface area contributed by atoms with Crippen LogP contribution in [-0.2, 0) is 35.6 Å². The highest BCUT2D eigenvalue weighted by Gasteiger charge is 2.40. The number of carbonyl (C=O) groups is 3. The van der Waals surface area contributed by atoms with E-state index in [9.17, 15) is 36.7 Å². The van der Waals surface area contributed by atoms with Crippen molar-refractivity contribution in [2.45, 2.75) is 57.0 Å². The first-order valence-electron chi connectivity index (χ1n) is 16.0. The fraction of sp³-hybridized carbons (Fsp3) is 0.382. The number of hydrogen-bond acceptors (Lipinski definition) is 7. The summed E-state index contributed by atoms with van der Waals surface area (Å²) in [6.07, 6.45) is -5.65. The highest BCUT2D eigenvalue weighted by Crippen LogP contribution is 2.27. The second-order valence-corrected chi connectivity index (χ2v) is 14.2. The van der Waals surface area contributed by atoms with E-state index in [1.54, 1.807) is 44.2 Å². The molecule has 2 N–H and O–H groups in total. The second-order valence-electron chi connectivity index (χ2n) is 11.2. The molecule has 2 atom stereocenters. The average molecular weight is 808 g/mol. The van der Waals surface area contributed by atoms with Gasteiger partial charge in [-0.25, -0.2) is 26.7 Å². The lowest BCUT2D eigenvalue weighted by Crippen LogP contribution is -2.60. The monoisotopic (exact) mass is 806 g/mol. The summed E-state index contributed by atoms with van der Waals surface area (Å²) in [5.41, 5.74) is 0.492. The van der Waals surface area contributed by atoms with Gasteiger partial charge in [-0.05, 0) is 68.8 Å². The van der Waals surface area contributed by atoms with Crippen molar-refractivity contribution in [3.05, 3.63) is 93.4 Å². The molecule has 3 rings (SSSR count). The lowest BCUT2D eigenvalue weighted by molar-refractivity contribution is -0.162. The van der Waals surface area contributed by atoms with Crippen molar-refractivity contribution in [1.29, 1.82) is 0 Å². The molecule has 0 saturated heterocycles. The van der Waals surface area contributed by atoms with Crippen LogP contribution in [0.3, 0.4) is 0 Å². The number of anilines is 1. The zero-order chi connectivity index (χ0) is 38.6. The van der Waals surface area contributed by atoms with Crippen LogP contribution in [0.2, 0.25) is 15.1 Å². The first-order valence-corrected chi connectivity index (χ1v) is 18.6. The smallest absolute Gasteiger partial charge is 0.408 e. The lowest BCUT2D eigenvalue weighted by Gasteiger charge is -2.38. The SMILES string of the molecule is CCOC(CN(CC(F)F)C(=O)C(C)N(C(=O)C(CNS(=O)(=O)c1ccc(Cl)cc1Cl)N(Cc1ccccc1)C(=O)O)c1ccc(Cl)cc1)OCC. The van der Waals surface area contributed by atoms with E-state index >= 15 is 0 Å². The van der Waals surface area contributed by atoms with Crippen LogP contribution < -0.4 is 9.62 Å². The van der Waals surface area contributed by atoms with Crippen LogP contribution in [0.4, 0.5) is 19.3 Å². The predicted molar refractivity (Wildman–Crippen MR) is 193 cm³/mol. The van der Waals surface area contributed by atoms with E-state index in [0.29, 0.717) is 10.5 Å². The molecule has 0 aliphatic carbocycles. The summed E-state index contributed by atoms with van der Waals surface area (Å²) in [5, 5.41) is 10.6. The highest BCUT2D eigenvalue weighted by molar-refractivity contribution is 7.89. The fourth-order valence-electron chi connectivity index (χ4n) is 5.19. The Morgan fingerprint density at radius 1 is 0.865 bits per heavy atom. The van der Waals surface area contributed by atoms with E-state index in [1.165, 1.54) is 43.3 Å². The van der Waals surface area contributed by atoms with Gasteiger partial charge in [0, 0.05) is 42.0 Å². The maximum atomic E-state index is 14.8. The molecule has 3 aromatic rings. The standard InChI is InChI=1S/C34H39Cl3F2N4O8S/c1-4-50-31(51-5-2)21-41(20-30(38)39)32(44)22(3)43(26-14-11-24(35)12-15-26)33(45)28(42(34(46)47)19-23-9-7-6-8-10-23)18-40-52(48,49)29-16-13-25(36)17-27(29)37/h6-17,22,28,30-31,40H,4-5,18-21H2,1-3H3,(H,46,47). The molecule has 2 unspecified atom stereocenters. The van der Waals surface area contributed by atoms with Gasteiger partial charge >= 0.3 is 6.09 Å². The Kier molecular flexibility index (Phi) is 16.5. The van der Waals surface area contributed by atoms with Gasteiger partial charge in [0.25, 0.3) is 12.3 Å². The highest BCUT2D eigenvalue weighted by atomic mass is 35.5. The molecule has 0 saturated carbocycles. The molecule has 284 valence electrons. The number of carbonyl (C=O) groups excluding carboxylic acids is 2. The van der Waals surface area contributed by atoms with Gasteiger partial charge in [0.05, 0.1) is 18.1 Å². The molecule has 0 radical (unpaired) electrons. The van der Waals surface area contributed by atoms with Gasteiger partial charge < -0.3 is 19.5 Å². The first-order chi connectivity index (χ1) is 24.6. The third-order valence-corrected chi connectivity index (χ3v) is 9.98. The summed E-state index contributed by atoms with van der Waals surface area (Å²) in [4.78, 5) is 43.8. The van der Waals surface area contributed by atoms with Gasteiger partial charge in [-0.3, -0.25) is 19.4 Å². The first kappa shape index (κ1) is 42.8. The van der Waals surface area contributed by atoms with Crippen molar-refractivity contribution in [1.82, 2.24) is 14.5 Å². The molecule has 3 aromatic carbocycles. The molecular formula is C34H39Cl3F2N4O8S. The molecule has 12 nitrogen and oxygen atoms in total. The summed E-state index contributed by atoms with van der Waals surface area (Å²) in [7, 11) is -4.49. The quantitative estimate of drug-likeness (QED) is 0.133. The van der Waals surface area contributed by atoms with Crippen LogP contribution in [-0.4, -0.2) is 98.9 Å². The minimum absolute atomic E-state index is 0.0390. The Balaban J connectivity index is 2.15. The van der Waals surface area contributed by atoms with E-state index in [1.807, 2.05) is 0 Å². The number of carboxylic acid groups (broad SMARTS) is 1. The zero-order valence-electron chi connectivity index (χ0n) is 28.4. The second kappa shape index (κ2) is 20.0. The number of ether oxygens (including phenoxy) is 2. The number of benzene rings is 3. The van der Waals surface area contributed by atoms with Crippen molar-refractivity contribution in [2.75, 3.05) is 37.7 Å². The van der Waals surface area contributed by atoms with Crippen molar-refractivity contribution in [3.8, 4) is 0 Å². The van der Waals surface area contributed by atoms with Crippen LogP contribution in [0.5, 0.6) is 0 Å². The van der Waals surface area contributed by atoms with Crippen LogP contribution in [0.1, 0.15) is 26.3 Å². The molecule has 0 aromatic heterocycles. The topological polar surface area (TPSA) is 146 Å². The fourth-order valence-corrected chi connectivity index (χ4v) is 7.12. The number of halogens is 5. The van der Waals surface area contributed by atoms with E-state index in [0.717, 1.165) is 15.9 Å².